The van der Waals surface area contributed by atoms with Crippen LogP contribution in [0.1, 0.15) is 31.2 Å². The summed E-state index contributed by atoms with van der Waals surface area (Å²) in [6, 6.07) is 4.87. The highest BCUT2D eigenvalue weighted by atomic mass is 19.1. The first-order valence-corrected chi connectivity index (χ1v) is 8.72. The Bertz CT molecular complexity index is 734. The van der Waals surface area contributed by atoms with Crippen LogP contribution in [0.2, 0.25) is 0 Å². The minimum absolute atomic E-state index is 0.00692. The predicted molar refractivity (Wildman–Crippen MR) is 91.4 cm³/mol. The second-order valence-corrected chi connectivity index (χ2v) is 6.73. The van der Waals surface area contributed by atoms with Crippen molar-refractivity contribution in [2.24, 2.45) is 10.9 Å². The van der Waals surface area contributed by atoms with Crippen LogP contribution in [0, 0.1) is 11.7 Å². The molecule has 1 saturated carbocycles. The largest absolute Gasteiger partial charge is 0.353 e. The Morgan fingerprint density at radius 2 is 1.88 bits per heavy atom. The second-order valence-electron chi connectivity index (χ2n) is 6.73. The molecule has 0 bridgehead atoms. The van der Waals surface area contributed by atoms with Gasteiger partial charge in [0, 0.05) is 12.6 Å². The lowest BCUT2D eigenvalue weighted by Gasteiger charge is -2.29. The highest BCUT2D eigenvalue weighted by Gasteiger charge is 2.39. The van der Waals surface area contributed by atoms with E-state index in [1.54, 1.807) is 0 Å². The number of halogens is 1. The third kappa shape index (κ3) is 3.96. The van der Waals surface area contributed by atoms with Gasteiger partial charge in [-0.1, -0.05) is 18.6 Å². The summed E-state index contributed by atoms with van der Waals surface area (Å²) in [5.41, 5.74) is 4.66. The molecular weight excluding hydrogens is 339 g/mol. The van der Waals surface area contributed by atoms with Gasteiger partial charge >= 0.3 is 6.03 Å². The van der Waals surface area contributed by atoms with E-state index in [9.17, 15) is 18.8 Å². The lowest BCUT2D eigenvalue weighted by molar-refractivity contribution is -0.428. The summed E-state index contributed by atoms with van der Waals surface area (Å²) < 4.78 is 13.0. The number of hydrogen-bond donors (Lipinski definition) is 2. The van der Waals surface area contributed by atoms with E-state index in [4.69, 9.17) is 0 Å². The summed E-state index contributed by atoms with van der Waals surface area (Å²) in [5, 5.41) is 2.19. The van der Waals surface area contributed by atoms with Crippen LogP contribution in [0.5, 0.6) is 0 Å². The molecule has 0 unspecified atom stereocenters. The van der Waals surface area contributed by atoms with Gasteiger partial charge in [-0.25, -0.2) is 9.18 Å². The maximum absolute atomic E-state index is 13.0. The van der Waals surface area contributed by atoms with Crippen LogP contribution in [-0.2, 0) is 16.1 Å². The van der Waals surface area contributed by atoms with E-state index in [2.05, 4.69) is 16.0 Å². The van der Waals surface area contributed by atoms with Gasteiger partial charge in [-0.2, -0.15) is 0 Å². The molecule has 2 fully saturated rings. The number of hydrogen-bond acceptors (Lipinski definition) is 4. The van der Waals surface area contributed by atoms with Crippen LogP contribution in [-0.4, -0.2) is 41.0 Å². The lowest BCUT2D eigenvalue weighted by atomic mass is 9.91. The topological polar surface area (TPSA) is 106 Å². The SMILES string of the molecule is [NH3+][C@H]1CCCC[C@H]1N=C[C@@H]1C(=O)NC(=O)N(Cc2ccc(F)cc2)C1=O. The van der Waals surface area contributed by atoms with Crippen LogP contribution < -0.4 is 11.1 Å². The maximum Gasteiger partial charge on any atom is 0.331 e. The molecule has 8 heteroatoms. The van der Waals surface area contributed by atoms with Crippen molar-refractivity contribution in [3.8, 4) is 0 Å². The maximum atomic E-state index is 13.0. The summed E-state index contributed by atoms with van der Waals surface area (Å²) in [6.07, 6.45) is 5.36. The molecular formula is C18H22FN4O3+. The number of carbonyl (C=O) groups excluding carboxylic acids is 3. The summed E-state index contributed by atoms with van der Waals surface area (Å²) in [4.78, 5) is 42.1. The van der Waals surface area contributed by atoms with Gasteiger partial charge in [0.2, 0.25) is 11.8 Å². The van der Waals surface area contributed by atoms with Crippen LogP contribution in [0.15, 0.2) is 29.3 Å². The molecule has 1 aromatic rings. The predicted octanol–water partition coefficient (Wildman–Crippen LogP) is 0.644. The summed E-state index contributed by atoms with van der Waals surface area (Å²) in [6.45, 7) is -0.0377. The van der Waals surface area contributed by atoms with Crippen molar-refractivity contribution in [3.63, 3.8) is 0 Å². The smallest absolute Gasteiger partial charge is 0.331 e. The van der Waals surface area contributed by atoms with E-state index in [0.29, 0.717) is 5.56 Å². The third-order valence-corrected chi connectivity index (χ3v) is 4.84. The van der Waals surface area contributed by atoms with Crippen LogP contribution >= 0.6 is 0 Å². The number of urea groups is 1. The monoisotopic (exact) mass is 361 g/mol. The van der Waals surface area contributed by atoms with Crippen molar-refractivity contribution in [1.82, 2.24) is 10.2 Å². The van der Waals surface area contributed by atoms with E-state index in [1.807, 2.05) is 0 Å². The first kappa shape index (κ1) is 18.2. The van der Waals surface area contributed by atoms with Gasteiger partial charge in [-0.15, -0.1) is 0 Å². The number of imide groups is 2. The van der Waals surface area contributed by atoms with Crippen molar-refractivity contribution in [3.05, 3.63) is 35.6 Å². The van der Waals surface area contributed by atoms with E-state index >= 15 is 0 Å². The zero-order valence-electron chi connectivity index (χ0n) is 14.4. The van der Waals surface area contributed by atoms with Crippen LogP contribution in [0.4, 0.5) is 9.18 Å². The number of barbiturate groups is 1. The summed E-state index contributed by atoms with van der Waals surface area (Å²) in [5.74, 6) is -2.83. The second kappa shape index (κ2) is 7.74. The van der Waals surface area contributed by atoms with Gasteiger partial charge in [0.05, 0.1) is 6.54 Å². The Kier molecular flexibility index (Phi) is 5.41. The molecule has 26 heavy (non-hydrogen) atoms. The number of benzene rings is 1. The van der Waals surface area contributed by atoms with Crippen LogP contribution in [0.25, 0.3) is 0 Å². The van der Waals surface area contributed by atoms with Crippen molar-refractivity contribution in [1.29, 1.82) is 0 Å². The van der Waals surface area contributed by atoms with Crippen molar-refractivity contribution >= 4 is 24.1 Å². The molecule has 0 spiro atoms. The minimum atomic E-state index is -1.14. The molecule has 4 amide bonds. The van der Waals surface area contributed by atoms with Crippen LogP contribution in [0.3, 0.4) is 0 Å². The van der Waals surface area contributed by atoms with Gasteiger partial charge in [0.15, 0.2) is 5.92 Å². The van der Waals surface area contributed by atoms with Crippen molar-refractivity contribution in [2.45, 2.75) is 44.3 Å². The number of nitrogens with one attached hydrogen (secondary N) is 1. The molecule has 4 N–H and O–H groups in total. The first-order valence-electron chi connectivity index (χ1n) is 8.72. The normalized spacial score (nSPS) is 27.1. The Hall–Kier alpha value is -2.61. The average Bonchev–Trinajstić information content (AvgIpc) is 2.61. The molecule has 3 atom stereocenters. The lowest BCUT2D eigenvalue weighted by Crippen LogP contribution is -2.66. The third-order valence-electron chi connectivity index (χ3n) is 4.84. The van der Waals surface area contributed by atoms with E-state index < -0.39 is 29.6 Å². The zero-order valence-corrected chi connectivity index (χ0v) is 14.4. The fourth-order valence-corrected chi connectivity index (χ4v) is 3.27. The number of carbonyl (C=O) groups is 3. The number of amides is 4. The molecule has 1 saturated heterocycles. The molecule has 1 heterocycles. The number of aliphatic imine (C=N–C) groups is 1. The zero-order chi connectivity index (χ0) is 18.7. The molecule has 1 aliphatic heterocycles. The number of rotatable bonds is 4. The van der Waals surface area contributed by atoms with Gasteiger partial charge in [0.25, 0.3) is 0 Å². The number of quaternary nitrogens is 1. The fraction of sp³-hybridized carbons (Fsp3) is 0.444. The van der Waals surface area contributed by atoms with Gasteiger partial charge in [0.1, 0.15) is 17.9 Å². The quantitative estimate of drug-likeness (QED) is 0.607. The van der Waals surface area contributed by atoms with Gasteiger partial charge in [-0.3, -0.25) is 24.8 Å². The van der Waals surface area contributed by atoms with Crippen molar-refractivity contribution < 1.29 is 24.5 Å². The average molecular weight is 361 g/mol. The Balaban J connectivity index is 1.73. The highest BCUT2D eigenvalue weighted by molar-refractivity contribution is 6.23. The Labute approximate surface area is 150 Å². The van der Waals surface area contributed by atoms with E-state index in [1.165, 1.54) is 30.5 Å². The summed E-state index contributed by atoms with van der Waals surface area (Å²) in [7, 11) is 0. The molecule has 0 aromatic heterocycles. The first-order chi connectivity index (χ1) is 12.5. The summed E-state index contributed by atoms with van der Waals surface area (Å²) >= 11 is 0. The fourth-order valence-electron chi connectivity index (χ4n) is 3.27. The molecule has 138 valence electrons. The Morgan fingerprint density at radius 3 is 2.58 bits per heavy atom. The number of nitrogens with zero attached hydrogens (tertiary/aromatic N) is 2. The molecule has 3 rings (SSSR count). The van der Waals surface area contributed by atoms with Gasteiger partial charge in [-0.05, 0) is 30.5 Å². The standard InChI is InChI=1S/C18H21FN4O3/c19-12-7-5-11(6-8-12)10-23-17(25)13(16(24)22-18(23)26)9-21-15-4-2-1-3-14(15)20/h5-9,13-15H,1-4,10,20H2,(H,22,24,26)/p+1/t13-,14+,15-/m1/s1. The van der Waals surface area contributed by atoms with E-state index in [-0.39, 0.29) is 18.6 Å². The molecule has 2 aliphatic rings. The molecule has 7 nitrogen and oxygen atoms in total. The highest BCUT2D eigenvalue weighted by Crippen LogP contribution is 2.20. The van der Waals surface area contributed by atoms with Crippen molar-refractivity contribution in [2.75, 3.05) is 0 Å². The minimum Gasteiger partial charge on any atom is -0.353 e. The molecule has 0 radical (unpaired) electrons. The van der Waals surface area contributed by atoms with E-state index in [0.717, 1.165) is 30.6 Å². The molecule has 1 aromatic carbocycles. The Morgan fingerprint density at radius 1 is 1.19 bits per heavy atom. The van der Waals surface area contributed by atoms with Gasteiger partial charge < -0.3 is 5.73 Å². The molecule has 1 aliphatic carbocycles.